The van der Waals surface area contributed by atoms with Gasteiger partial charge >= 0.3 is 0 Å². The molecule has 1 aliphatic carbocycles. The third-order valence-electron chi connectivity index (χ3n) is 7.79. The molecule has 2 heterocycles. The summed E-state index contributed by atoms with van der Waals surface area (Å²) in [4.78, 5) is 15.0. The molecule has 7 aromatic rings. The molecule has 1 aliphatic rings. The van der Waals surface area contributed by atoms with Crippen molar-refractivity contribution in [2.45, 2.75) is 12.8 Å². The molecule has 0 amide bonds. The zero-order chi connectivity index (χ0) is 27.2. The predicted octanol–water partition coefficient (Wildman–Crippen LogP) is 9.66. The molecule has 4 heteroatoms. The highest BCUT2D eigenvalue weighted by atomic mass is 16.3. The topological polar surface area (TPSA) is 51.8 Å². The molecule has 0 bridgehead atoms. The number of hydrogen-bond donors (Lipinski definition) is 0. The third kappa shape index (κ3) is 4.12. The van der Waals surface area contributed by atoms with E-state index in [9.17, 15) is 0 Å². The quantitative estimate of drug-likeness (QED) is 0.229. The molecule has 0 aliphatic heterocycles. The standard InChI is InChI=1S/C37H25N3O/c1-3-12-25(13-4-1)35-38-36(26-14-5-2-6-15-26)40-37(39-35)30-18-10-20-32-34(30)33-29(17-9-19-31(33)41-32)28-22-21-24-11-7-8-16-27(24)23-28/h1-5,7-14,16-23H,6,15H2. The summed E-state index contributed by atoms with van der Waals surface area (Å²) in [5.74, 6) is 2.03. The van der Waals surface area contributed by atoms with E-state index < -0.39 is 0 Å². The predicted molar refractivity (Wildman–Crippen MR) is 167 cm³/mol. The van der Waals surface area contributed by atoms with Gasteiger partial charge in [0.1, 0.15) is 11.2 Å². The molecule has 0 saturated heterocycles. The summed E-state index contributed by atoms with van der Waals surface area (Å²) in [5.41, 5.74) is 6.94. The lowest BCUT2D eigenvalue weighted by Gasteiger charge is -2.12. The van der Waals surface area contributed by atoms with Gasteiger partial charge in [-0.05, 0) is 58.5 Å². The van der Waals surface area contributed by atoms with Crippen LogP contribution in [-0.4, -0.2) is 15.0 Å². The van der Waals surface area contributed by atoms with E-state index in [2.05, 4.69) is 78.9 Å². The number of allylic oxidation sites excluding steroid dienone is 4. The van der Waals surface area contributed by atoms with Gasteiger partial charge in [0.25, 0.3) is 0 Å². The van der Waals surface area contributed by atoms with Gasteiger partial charge in [0, 0.05) is 21.9 Å². The van der Waals surface area contributed by atoms with Crippen molar-refractivity contribution >= 4 is 38.3 Å². The van der Waals surface area contributed by atoms with Crippen molar-refractivity contribution in [3.05, 3.63) is 133 Å². The molecule has 8 rings (SSSR count). The van der Waals surface area contributed by atoms with Crippen LogP contribution in [0.3, 0.4) is 0 Å². The van der Waals surface area contributed by atoms with E-state index in [1.807, 2.05) is 48.5 Å². The van der Waals surface area contributed by atoms with E-state index in [-0.39, 0.29) is 0 Å². The Morgan fingerprint density at radius 2 is 1.24 bits per heavy atom. The number of fused-ring (bicyclic) bond motifs is 4. The molecule has 0 N–H and O–H groups in total. The summed E-state index contributed by atoms with van der Waals surface area (Å²) in [6, 6.07) is 37.6. The lowest BCUT2D eigenvalue weighted by atomic mass is 9.95. The van der Waals surface area contributed by atoms with Crippen molar-refractivity contribution in [2.75, 3.05) is 0 Å². The second kappa shape index (κ2) is 9.68. The lowest BCUT2D eigenvalue weighted by molar-refractivity contribution is 0.669. The van der Waals surface area contributed by atoms with Gasteiger partial charge in [-0.25, -0.2) is 15.0 Å². The van der Waals surface area contributed by atoms with E-state index >= 15 is 0 Å². The van der Waals surface area contributed by atoms with Crippen LogP contribution in [0.4, 0.5) is 0 Å². The van der Waals surface area contributed by atoms with Crippen molar-refractivity contribution in [3.8, 4) is 33.9 Å². The maximum Gasteiger partial charge on any atom is 0.164 e. The zero-order valence-corrected chi connectivity index (χ0v) is 22.3. The van der Waals surface area contributed by atoms with Crippen LogP contribution in [0.1, 0.15) is 18.7 Å². The van der Waals surface area contributed by atoms with Gasteiger partial charge in [-0.2, -0.15) is 0 Å². The fraction of sp³-hybridized carbons (Fsp3) is 0.0541. The van der Waals surface area contributed by atoms with Crippen molar-refractivity contribution in [2.24, 2.45) is 0 Å². The molecule has 2 aromatic heterocycles. The molecule has 0 saturated carbocycles. The molecule has 0 radical (unpaired) electrons. The van der Waals surface area contributed by atoms with Crippen molar-refractivity contribution in [1.82, 2.24) is 15.0 Å². The Morgan fingerprint density at radius 3 is 2.05 bits per heavy atom. The number of furan rings is 1. The van der Waals surface area contributed by atoms with Crippen molar-refractivity contribution < 1.29 is 4.42 Å². The third-order valence-corrected chi connectivity index (χ3v) is 7.79. The highest BCUT2D eigenvalue weighted by Gasteiger charge is 2.20. The monoisotopic (exact) mass is 527 g/mol. The van der Waals surface area contributed by atoms with Crippen LogP contribution in [0, 0.1) is 0 Å². The van der Waals surface area contributed by atoms with Crippen LogP contribution in [0.5, 0.6) is 0 Å². The maximum absolute atomic E-state index is 6.43. The Balaban J connectivity index is 1.40. The van der Waals surface area contributed by atoms with E-state index in [4.69, 9.17) is 19.4 Å². The first-order valence-corrected chi connectivity index (χ1v) is 13.9. The fourth-order valence-electron chi connectivity index (χ4n) is 5.80. The van der Waals surface area contributed by atoms with Gasteiger partial charge in [0.05, 0.1) is 0 Å². The van der Waals surface area contributed by atoms with Crippen LogP contribution < -0.4 is 0 Å². The van der Waals surface area contributed by atoms with Gasteiger partial charge in [-0.3, -0.25) is 0 Å². The summed E-state index contributed by atoms with van der Waals surface area (Å²) >= 11 is 0. The normalized spacial score (nSPS) is 13.2. The molecule has 0 fully saturated rings. The average Bonchev–Trinajstić information content (AvgIpc) is 3.44. The molecular formula is C37H25N3O. The molecule has 5 aromatic carbocycles. The lowest BCUT2D eigenvalue weighted by Crippen LogP contribution is -2.04. The van der Waals surface area contributed by atoms with Crippen LogP contribution in [-0.2, 0) is 0 Å². The number of hydrogen-bond acceptors (Lipinski definition) is 4. The Bertz CT molecular complexity index is 2160. The molecular weight excluding hydrogens is 502 g/mol. The summed E-state index contributed by atoms with van der Waals surface area (Å²) in [6.45, 7) is 0. The first-order valence-electron chi connectivity index (χ1n) is 13.9. The Labute approximate surface area is 237 Å². The summed E-state index contributed by atoms with van der Waals surface area (Å²) in [5, 5.41) is 4.51. The second-order valence-corrected chi connectivity index (χ2v) is 10.4. The molecule has 0 spiro atoms. The number of aromatic nitrogens is 3. The molecule has 194 valence electrons. The minimum atomic E-state index is 0.644. The SMILES string of the molecule is C1=CCCC(c2nc(-c3ccccc3)nc(-c3cccc4oc5cccc(-c6ccc7ccccc7c6)c5c34)n2)=C1. The minimum absolute atomic E-state index is 0.644. The minimum Gasteiger partial charge on any atom is -0.456 e. The Hall–Kier alpha value is -5.35. The first kappa shape index (κ1) is 23.5. The fourth-order valence-corrected chi connectivity index (χ4v) is 5.80. The van der Waals surface area contributed by atoms with Gasteiger partial charge < -0.3 is 4.42 Å². The van der Waals surface area contributed by atoms with Crippen LogP contribution in [0.15, 0.2) is 132 Å². The van der Waals surface area contributed by atoms with Gasteiger partial charge in [-0.15, -0.1) is 0 Å². The largest absolute Gasteiger partial charge is 0.456 e. The summed E-state index contributed by atoms with van der Waals surface area (Å²) < 4.78 is 6.43. The highest BCUT2D eigenvalue weighted by Crippen LogP contribution is 2.41. The van der Waals surface area contributed by atoms with E-state index in [0.29, 0.717) is 11.6 Å². The Morgan fingerprint density at radius 1 is 0.537 bits per heavy atom. The molecule has 0 atom stereocenters. The maximum atomic E-state index is 6.43. The van der Waals surface area contributed by atoms with E-state index in [0.717, 1.165) is 68.4 Å². The number of nitrogens with zero attached hydrogens (tertiary/aromatic N) is 3. The summed E-state index contributed by atoms with van der Waals surface area (Å²) in [7, 11) is 0. The summed E-state index contributed by atoms with van der Waals surface area (Å²) in [6.07, 6.45) is 8.26. The smallest absolute Gasteiger partial charge is 0.164 e. The van der Waals surface area contributed by atoms with Gasteiger partial charge in [0.2, 0.25) is 0 Å². The van der Waals surface area contributed by atoms with Gasteiger partial charge in [-0.1, -0.05) is 109 Å². The number of rotatable bonds is 4. The van der Waals surface area contributed by atoms with E-state index in [1.165, 1.54) is 10.8 Å². The van der Waals surface area contributed by atoms with Gasteiger partial charge in [0.15, 0.2) is 17.5 Å². The molecule has 41 heavy (non-hydrogen) atoms. The molecule has 0 unspecified atom stereocenters. The first-order chi connectivity index (χ1) is 20.3. The number of benzene rings is 5. The van der Waals surface area contributed by atoms with E-state index in [1.54, 1.807) is 0 Å². The highest BCUT2D eigenvalue weighted by molar-refractivity contribution is 6.17. The van der Waals surface area contributed by atoms with Crippen molar-refractivity contribution in [3.63, 3.8) is 0 Å². The second-order valence-electron chi connectivity index (χ2n) is 10.4. The average molecular weight is 528 g/mol. The van der Waals surface area contributed by atoms with Crippen LogP contribution in [0.2, 0.25) is 0 Å². The van der Waals surface area contributed by atoms with Crippen molar-refractivity contribution in [1.29, 1.82) is 0 Å². The molecule has 4 nitrogen and oxygen atoms in total. The van der Waals surface area contributed by atoms with Crippen LogP contribution >= 0.6 is 0 Å². The zero-order valence-electron chi connectivity index (χ0n) is 22.3. The van der Waals surface area contributed by atoms with Crippen LogP contribution in [0.25, 0.3) is 72.2 Å². The Kier molecular flexibility index (Phi) is 5.56.